The van der Waals surface area contributed by atoms with Gasteiger partial charge in [0.25, 0.3) is 11.5 Å². The maximum atomic E-state index is 13.4. The summed E-state index contributed by atoms with van der Waals surface area (Å²) in [5.74, 6) is 3.64. The second-order valence-corrected chi connectivity index (χ2v) is 3.92. The minimum absolute atomic E-state index is 0.0157. The van der Waals surface area contributed by atoms with Crippen LogP contribution < -0.4 is 10.9 Å². The predicted octanol–water partition coefficient (Wildman–Crippen LogP) is 0.505. The fourth-order valence-electron chi connectivity index (χ4n) is 1.50. The van der Waals surface area contributed by atoms with E-state index in [1.54, 1.807) is 0 Å². The molecule has 0 fully saturated rings. The van der Waals surface area contributed by atoms with Crippen molar-refractivity contribution in [1.29, 1.82) is 0 Å². The van der Waals surface area contributed by atoms with Gasteiger partial charge >= 0.3 is 0 Å². The van der Waals surface area contributed by atoms with Gasteiger partial charge in [0.2, 0.25) is 0 Å². The maximum Gasteiger partial charge on any atom is 0.276 e. The Bertz CT molecular complexity index is 770. The molecule has 1 amide bonds. The molecule has 1 heterocycles. The first-order chi connectivity index (χ1) is 10.1. The molecule has 0 aliphatic rings. The van der Waals surface area contributed by atoms with Crippen molar-refractivity contribution in [3.8, 4) is 11.8 Å². The SMILES string of the molecule is O=C(Nc1ccc(F)c(C#CCO)c1)c1ccc(=O)[nH]n1. The number of benzene rings is 1. The van der Waals surface area contributed by atoms with E-state index in [1.807, 2.05) is 0 Å². The number of halogens is 1. The monoisotopic (exact) mass is 287 g/mol. The highest BCUT2D eigenvalue weighted by molar-refractivity contribution is 6.02. The van der Waals surface area contributed by atoms with Crippen LogP contribution in [0.3, 0.4) is 0 Å². The Balaban J connectivity index is 2.21. The molecule has 1 aromatic carbocycles. The van der Waals surface area contributed by atoms with E-state index in [0.717, 1.165) is 6.07 Å². The smallest absolute Gasteiger partial charge is 0.276 e. The Morgan fingerprint density at radius 3 is 2.86 bits per heavy atom. The summed E-state index contributed by atoms with van der Waals surface area (Å²) in [5, 5.41) is 16.8. The van der Waals surface area contributed by atoms with Gasteiger partial charge in [-0.3, -0.25) is 9.59 Å². The van der Waals surface area contributed by atoms with E-state index in [2.05, 4.69) is 27.4 Å². The molecule has 2 rings (SSSR count). The number of aromatic nitrogens is 2. The summed E-state index contributed by atoms with van der Waals surface area (Å²) in [6, 6.07) is 6.29. The van der Waals surface area contributed by atoms with Gasteiger partial charge in [-0.2, -0.15) is 5.10 Å². The zero-order valence-electron chi connectivity index (χ0n) is 10.7. The molecule has 7 heteroatoms. The van der Waals surface area contributed by atoms with Crippen LogP contribution in [0.1, 0.15) is 16.1 Å². The fourth-order valence-corrected chi connectivity index (χ4v) is 1.50. The zero-order chi connectivity index (χ0) is 15.2. The number of H-pyrrole nitrogens is 1. The van der Waals surface area contributed by atoms with Gasteiger partial charge in [0, 0.05) is 11.8 Å². The van der Waals surface area contributed by atoms with Crippen LogP contribution in [0.15, 0.2) is 35.1 Å². The van der Waals surface area contributed by atoms with Crippen LogP contribution in [0.5, 0.6) is 0 Å². The first kappa shape index (κ1) is 14.4. The van der Waals surface area contributed by atoms with Crippen LogP contribution in [-0.2, 0) is 0 Å². The Morgan fingerprint density at radius 2 is 2.19 bits per heavy atom. The Morgan fingerprint density at radius 1 is 1.38 bits per heavy atom. The molecule has 2 aromatic rings. The third-order valence-electron chi connectivity index (χ3n) is 2.44. The van der Waals surface area contributed by atoms with Crippen LogP contribution in [0.2, 0.25) is 0 Å². The van der Waals surface area contributed by atoms with Crippen LogP contribution in [0, 0.1) is 17.7 Å². The summed E-state index contributed by atoms with van der Waals surface area (Å²) in [6.07, 6.45) is 0. The lowest BCUT2D eigenvalue weighted by atomic mass is 10.2. The van der Waals surface area contributed by atoms with E-state index < -0.39 is 23.9 Å². The van der Waals surface area contributed by atoms with Crippen molar-refractivity contribution in [2.75, 3.05) is 11.9 Å². The number of rotatable bonds is 2. The second-order valence-electron chi connectivity index (χ2n) is 3.92. The quantitative estimate of drug-likeness (QED) is 0.701. The van der Waals surface area contributed by atoms with E-state index in [-0.39, 0.29) is 11.3 Å². The maximum absolute atomic E-state index is 13.4. The Labute approximate surface area is 118 Å². The topological polar surface area (TPSA) is 95.1 Å². The number of aliphatic hydroxyl groups is 1. The standard InChI is InChI=1S/C14H10FN3O3/c15-11-4-3-10(8-9(11)2-1-7-19)16-14(21)12-5-6-13(20)18-17-12/h3-6,8,19H,7H2,(H,16,21)(H,18,20). The number of carbonyl (C=O) groups excluding carboxylic acids is 1. The van der Waals surface area contributed by atoms with Crippen molar-refractivity contribution in [3.05, 3.63) is 57.8 Å². The molecular formula is C14H10FN3O3. The third-order valence-corrected chi connectivity index (χ3v) is 2.44. The molecule has 0 aliphatic heterocycles. The summed E-state index contributed by atoms with van der Waals surface area (Å²) in [5.41, 5.74) is -0.0373. The number of amides is 1. The number of carbonyl (C=O) groups is 1. The molecule has 106 valence electrons. The van der Waals surface area contributed by atoms with E-state index in [9.17, 15) is 14.0 Å². The lowest BCUT2D eigenvalue weighted by Crippen LogP contribution is -2.17. The van der Waals surface area contributed by atoms with Crippen molar-refractivity contribution in [2.24, 2.45) is 0 Å². The van der Waals surface area contributed by atoms with Gasteiger partial charge < -0.3 is 10.4 Å². The Kier molecular flexibility index (Phi) is 4.43. The summed E-state index contributed by atoms with van der Waals surface area (Å²) < 4.78 is 13.4. The van der Waals surface area contributed by atoms with Gasteiger partial charge in [0.1, 0.15) is 18.1 Å². The van der Waals surface area contributed by atoms with Gasteiger partial charge in [-0.15, -0.1) is 0 Å². The summed E-state index contributed by atoms with van der Waals surface area (Å²) in [6.45, 7) is -0.392. The Hall–Kier alpha value is -2.98. The van der Waals surface area contributed by atoms with Crippen LogP contribution in [0.25, 0.3) is 0 Å². The normalized spacial score (nSPS) is 9.62. The number of nitrogens with one attached hydrogen (secondary N) is 2. The molecule has 0 saturated heterocycles. The molecule has 0 aliphatic carbocycles. The van der Waals surface area contributed by atoms with Gasteiger partial charge in [-0.05, 0) is 24.3 Å². The van der Waals surface area contributed by atoms with Crippen molar-refractivity contribution >= 4 is 11.6 Å². The molecule has 6 nitrogen and oxygen atoms in total. The second kappa shape index (κ2) is 6.45. The number of hydrogen-bond donors (Lipinski definition) is 3. The minimum Gasteiger partial charge on any atom is -0.384 e. The number of aromatic amines is 1. The number of hydrogen-bond acceptors (Lipinski definition) is 4. The largest absolute Gasteiger partial charge is 0.384 e. The highest BCUT2D eigenvalue weighted by Crippen LogP contribution is 2.14. The van der Waals surface area contributed by atoms with Crippen molar-refractivity contribution in [3.63, 3.8) is 0 Å². The van der Waals surface area contributed by atoms with E-state index in [1.165, 1.54) is 24.3 Å². The van der Waals surface area contributed by atoms with Gasteiger partial charge in [0.15, 0.2) is 0 Å². The van der Waals surface area contributed by atoms with Crippen LogP contribution >= 0.6 is 0 Å². The average Bonchev–Trinajstić information content (AvgIpc) is 2.48. The van der Waals surface area contributed by atoms with Gasteiger partial charge in [-0.1, -0.05) is 11.8 Å². The molecule has 3 N–H and O–H groups in total. The predicted molar refractivity (Wildman–Crippen MR) is 73.2 cm³/mol. The number of anilines is 1. The van der Waals surface area contributed by atoms with Gasteiger partial charge in [0.05, 0.1) is 5.56 Å². The van der Waals surface area contributed by atoms with E-state index in [4.69, 9.17) is 5.11 Å². The number of nitrogens with zero attached hydrogens (tertiary/aromatic N) is 1. The minimum atomic E-state index is -0.559. The van der Waals surface area contributed by atoms with Crippen molar-refractivity contribution in [1.82, 2.24) is 10.2 Å². The molecule has 0 spiro atoms. The van der Waals surface area contributed by atoms with Gasteiger partial charge in [-0.25, -0.2) is 9.49 Å². The number of aliphatic hydroxyl groups excluding tert-OH is 1. The summed E-state index contributed by atoms with van der Waals surface area (Å²) in [4.78, 5) is 22.7. The van der Waals surface area contributed by atoms with Crippen LogP contribution in [-0.4, -0.2) is 27.8 Å². The molecule has 21 heavy (non-hydrogen) atoms. The lowest BCUT2D eigenvalue weighted by Gasteiger charge is -2.05. The highest BCUT2D eigenvalue weighted by Gasteiger charge is 2.09. The highest BCUT2D eigenvalue weighted by atomic mass is 19.1. The van der Waals surface area contributed by atoms with E-state index in [0.29, 0.717) is 5.69 Å². The molecule has 0 unspecified atom stereocenters. The lowest BCUT2D eigenvalue weighted by molar-refractivity contribution is 0.102. The average molecular weight is 287 g/mol. The molecule has 1 aromatic heterocycles. The molecular weight excluding hydrogens is 277 g/mol. The fraction of sp³-hybridized carbons (Fsp3) is 0.0714. The molecule has 0 atom stereocenters. The summed E-state index contributed by atoms with van der Waals surface area (Å²) in [7, 11) is 0. The zero-order valence-corrected chi connectivity index (χ0v) is 10.7. The van der Waals surface area contributed by atoms with Crippen molar-refractivity contribution < 1.29 is 14.3 Å². The van der Waals surface area contributed by atoms with Crippen LogP contribution in [0.4, 0.5) is 10.1 Å². The molecule has 0 radical (unpaired) electrons. The third kappa shape index (κ3) is 3.75. The van der Waals surface area contributed by atoms with E-state index >= 15 is 0 Å². The van der Waals surface area contributed by atoms with Crippen molar-refractivity contribution in [2.45, 2.75) is 0 Å². The first-order valence-corrected chi connectivity index (χ1v) is 5.86. The molecule has 0 saturated carbocycles. The first-order valence-electron chi connectivity index (χ1n) is 5.86. The molecule has 0 bridgehead atoms. The summed E-state index contributed by atoms with van der Waals surface area (Å²) >= 11 is 0.